The predicted octanol–water partition coefficient (Wildman–Crippen LogP) is 3.75. The van der Waals surface area contributed by atoms with Crippen LogP contribution in [0.2, 0.25) is 0 Å². The number of amides is 1. The van der Waals surface area contributed by atoms with Crippen molar-refractivity contribution >= 4 is 23.8 Å². The maximum atomic E-state index is 13.3. The van der Waals surface area contributed by atoms with Crippen LogP contribution in [0.5, 0.6) is 0 Å². The van der Waals surface area contributed by atoms with Gasteiger partial charge in [0, 0.05) is 11.5 Å². The number of rotatable bonds is 8. The minimum Gasteiger partial charge on any atom is -0.480 e. The van der Waals surface area contributed by atoms with Gasteiger partial charge in [0.2, 0.25) is 0 Å². The lowest BCUT2D eigenvalue weighted by atomic mass is 10.1. The number of aryl methyl sites for hydroxylation is 1. The van der Waals surface area contributed by atoms with Gasteiger partial charge in [0.1, 0.15) is 18.5 Å². The molecule has 0 heterocycles. The minimum absolute atomic E-state index is 0.0641. The second-order valence-electron chi connectivity index (χ2n) is 5.68. The van der Waals surface area contributed by atoms with Crippen LogP contribution in [0.25, 0.3) is 0 Å². The Balaban J connectivity index is 1.81. The summed E-state index contributed by atoms with van der Waals surface area (Å²) in [6, 6.07) is 12.5. The molecule has 0 saturated carbocycles. The summed E-state index contributed by atoms with van der Waals surface area (Å²) in [7, 11) is 0. The van der Waals surface area contributed by atoms with E-state index in [2.05, 4.69) is 5.32 Å². The summed E-state index contributed by atoms with van der Waals surface area (Å²) in [5.41, 5.74) is 2.54. The number of hydrogen-bond donors (Lipinski definition) is 2. The Labute approximate surface area is 155 Å². The maximum Gasteiger partial charge on any atom is 0.408 e. The van der Waals surface area contributed by atoms with Crippen molar-refractivity contribution in [3.63, 3.8) is 0 Å². The molecule has 7 heteroatoms. The molecule has 2 rings (SSSR count). The first-order chi connectivity index (χ1) is 12.5. The molecule has 2 N–H and O–H groups in total. The number of hydrogen-bond acceptors (Lipinski definition) is 4. The lowest BCUT2D eigenvalue weighted by Crippen LogP contribution is -2.42. The lowest BCUT2D eigenvalue weighted by molar-refractivity contribution is -0.138. The van der Waals surface area contributed by atoms with Crippen LogP contribution in [0.4, 0.5) is 9.18 Å². The molecular weight excluding hydrogens is 357 g/mol. The topological polar surface area (TPSA) is 75.6 Å². The van der Waals surface area contributed by atoms with Crippen LogP contribution in [0.1, 0.15) is 16.7 Å². The zero-order chi connectivity index (χ0) is 18.9. The number of thioether (sulfide) groups is 1. The van der Waals surface area contributed by atoms with E-state index in [1.165, 1.54) is 23.9 Å². The fraction of sp³-hybridized carbons (Fsp3) is 0.263. The van der Waals surface area contributed by atoms with Crippen molar-refractivity contribution in [2.75, 3.05) is 5.75 Å². The molecule has 0 spiro atoms. The van der Waals surface area contributed by atoms with E-state index in [-0.39, 0.29) is 18.2 Å². The fourth-order valence-electron chi connectivity index (χ4n) is 2.16. The first kappa shape index (κ1) is 19.8. The molecule has 2 aromatic carbocycles. The molecule has 0 radical (unpaired) electrons. The van der Waals surface area contributed by atoms with Gasteiger partial charge in [-0.05, 0) is 35.7 Å². The number of carbonyl (C=O) groups excluding carboxylic acids is 1. The summed E-state index contributed by atoms with van der Waals surface area (Å²) in [6.07, 6.45) is -0.788. The number of nitrogens with one attached hydrogen (secondary N) is 1. The number of ether oxygens (including phenoxy) is 1. The van der Waals surface area contributed by atoms with Crippen LogP contribution < -0.4 is 5.32 Å². The van der Waals surface area contributed by atoms with E-state index in [1.807, 2.05) is 25.1 Å². The standard InChI is InChI=1S/C19H20FNO4S/c1-13-7-8-16(20)9-15(13)11-26-12-17(18(22)23)21-19(24)25-10-14-5-3-2-4-6-14/h2-9,17H,10-12H2,1H3,(H,21,24)(H,22,23). The van der Waals surface area contributed by atoms with Crippen molar-refractivity contribution in [3.05, 3.63) is 71.0 Å². The Morgan fingerprint density at radius 2 is 1.96 bits per heavy atom. The van der Waals surface area contributed by atoms with Gasteiger partial charge < -0.3 is 15.2 Å². The molecule has 1 atom stereocenters. The monoisotopic (exact) mass is 377 g/mol. The first-order valence-corrected chi connectivity index (χ1v) is 9.14. The summed E-state index contributed by atoms with van der Waals surface area (Å²) < 4.78 is 18.3. The molecule has 5 nitrogen and oxygen atoms in total. The van der Waals surface area contributed by atoms with Crippen molar-refractivity contribution < 1.29 is 23.8 Å². The van der Waals surface area contributed by atoms with Gasteiger partial charge in [0.25, 0.3) is 0 Å². The normalized spacial score (nSPS) is 11.6. The molecule has 1 amide bonds. The van der Waals surface area contributed by atoms with Gasteiger partial charge in [-0.2, -0.15) is 11.8 Å². The number of alkyl carbamates (subject to hydrolysis) is 1. The van der Waals surface area contributed by atoms with Gasteiger partial charge in [0.05, 0.1) is 0 Å². The summed E-state index contributed by atoms with van der Waals surface area (Å²) >= 11 is 1.30. The summed E-state index contributed by atoms with van der Waals surface area (Å²) in [5.74, 6) is -0.881. The Hall–Kier alpha value is -2.54. The molecule has 138 valence electrons. The Kier molecular flexibility index (Phi) is 7.47. The van der Waals surface area contributed by atoms with Crippen molar-refractivity contribution in [1.82, 2.24) is 5.32 Å². The highest BCUT2D eigenvalue weighted by molar-refractivity contribution is 7.98. The number of halogens is 1. The van der Waals surface area contributed by atoms with E-state index in [4.69, 9.17) is 4.74 Å². The van der Waals surface area contributed by atoms with E-state index in [1.54, 1.807) is 18.2 Å². The molecule has 0 aliphatic rings. The molecule has 0 aromatic heterocycles. The molecule has 0 aliphatic carbocycles. The van der Waals surface area contributed by atoms with Gasteiger partial charge in [-0.25, -0.2) is 14.0 Å². The quantitative estimate of drug-likeness (QED) is 0.733. The number of aliphatic carboxylic acids is 1. The first-order valence-electron chi connectivity index (χ1n) is 7.98. The van der Waals surface area contributed by atoms with Crippen molar-refractivity contribution in [3.8, 4) is 0 Å². The van der Waals surface area contributed by atoms with Crippen LogP contribution in [-0.2, 0) is 21.9 Å². The minimum atomic E-state index is -1.15. The highest BCUT2D eigenvalue weighted by atomic mass is 32.2. The zero-order valence-corrected chi connectivity index (χ0v) is 15.1. The number of carboxylic acids is 1. The zero-order valence-electron chi connectivity index (χ0n) is 14.3. The van der Waals surface area contributed by atoms with E-state index in [0.29, 0.717) is 5.75 Å². The molecule has 26 heavy (non-hydrogen) atoms. The Morgan fingerprint density at radius 1 is 1.23 bits per heavy atom. The van der Waals surface area contributed by atoms with E-state index >= 15 is 0 Å². The van der Waals surface area contributed by atoms with Crippen LogP contribution in [0, 0.1) is 12.7 Å². The Morgan fingerprint density at radius 3 is 2.65 bits per heavy atom. The molecule has 0 fully saturated rings. The maximum absolute atomic E-state index is 13.3. The third-order valence-electron chi connectivity index (χ3n) is 3.66. The average Bonchev–Trinajstić information content (AvgIpc) is 2.62. The predicted molar refractivity (Wildman–Crippen MR) is 98.5 cm³/mol. The molecule has 0 bridgehead atoms. The lowest BCUT2D eigenvalue weighted by Gasteiger charge is -2.15. The van der Waals surface area contributed by atoms with Gasteiger partial charge in [0.15, 0.2) is 0 Å². The highest BCUT2D eigenvalue weighted by Gasteiger charge is 2.20. The van der Waals surface area contributed by atoms with Crippen molar-refractivity contribution in [2.24, 2.45) is 0 Å². The van der Waals surface area contributed by atoms with Crippen LogP contribution in [-0.4, -0.2) is 29.0 Å². The van der Waals surface area contributed by atoms with Gasteiger partial charge in [-0.3, -0.25) is 0 Å². The molecule has 2 aromatic rings. The summed E-state index contributed by atoms with van der Waals surface area (Å²) in [6.45, 7) is 1.93. The van der Waals surface area contributed by atoms with Gasteiger partial charge >= 0.3 is 12.1 Å². The fourth-order valence-corrected chi connectivity index (χ4v) is 3.27. The van der Waals surface area contributed by atoms with E-state index in [0.717, 1.165) is 16.7 Å². The summed E-state index contributed by atoms with van der Waals surface area (Å²) in [5, 5.41) is 11.6. The van der Waals surface area contributed by atoms with Crippen LogP contribution in [0.15, 0.2) is 48.5 Å². The van der Waals surface area contributed by atoms with Crippen LogP contribution in [0.3, 0.4) is 0 Å². The number of carbonyl (C=O) groups is 2. The average molecular weight is 377 g/mol. The second kappa shape index (κ2) is 9.82. The third kappa shape index (κ3) is 6.40. The SMILES string of the molecule is Cc1ccc(F)cc1CSCC(NC(=O)OCc1ccccc1)C(=O)O. The van der Waals surface area contributed by atoms with Gasteiger partial charge in [-0.1, -0.05) is 36.4 Å². The molecule has 0 aliphatic heterocycles. The molecule has 1 unspecified atom stereocenters. The van der Waals surface area contributed by atoms with E-state index in [9.17, 15) is 19.1 Å². The second-order valence-corrected chi connectivity index (χ2v) is 6.71. The van der Waals surface area contributed by atoms with Gasteiger partial charge in [-0.15, -0.1) is 0 Å². The summed E-state index contributed by atoms with van der Waals surface area (Å²) in [4.78, 5) is 23.1. The number of carboxylic acid groups (broad SMARTS) is 1. The van der Waals surface area contributed by atoms with E-state index < -0.39 is 18.1 Å². The number of benzene rings is 2. The molecule has 0 saturated heterocycles. The Bertz CT molecular complexity index is 754. The molecular formula is C19H20FNO4S. The van der Waals surface area contributed by atoms with Crippen LogP contribution >= 0.6 is 11.8 Å². The van der Waals surface area contributed by atoms with Crippen molar-refractivity contribution in [2.45, 2.75) is 25.3 Å². The highest BCUT2D eigenvalue weighted by Crippen LogP contribution is 2.18. The smallest absolute Gasteiger partial charge is 0.408 e. The van der Waals surface area contributed by atoms with Crippen molar-refractivity contribution in [1.29, 1.82) is 0 Å². The third-order valence-corrected chi connectivity index (χ3v) is 4.74. The largest absolute Gasteiger partial charge is 0.480 e.